The topological polar surface area (TPSA) is 69.5 Å². The molecule has 0 saturated carbocycles. The number of carbonyl (C=O) groups is 1. The third-order valence-corrected chi connectivity index (χ3v) is 7.15. The number of likely N-dealkylation sites (tertiary alicyclic amines) is 1. The van der Waals surface area contributed by atoms with Crippen LogP contribution in [0.25, 0.3) is 16.6 Å². The van der Waals surface area contributed by atoms with Gasteiger partial charge in [0.05, 0.1) is 5.41 Å². The number of rotatable bonds is 3. The fourth-order valence-electron chi connectivity index (χ4n) is 5.37. The predicted molar refractivity (Wildman–Crippen MR) is 120 cm³/mol. The van der Waals surface area contributed by atoms with Crippen molar-refractivity contribution in [1.82, 2.24) is 24.5 Å². The van der Waals surface area contributed by atoms with Crippen LogP contribution in [0, 0.1) is 5.41 Å². The monoisotopic (exact) mass is 414 g/mol. The van der Waals surface area contributed by atoms with E-state index < -0.39 is 0 Å². The molecule has 31 heavy (non-hydrogen) atoms. The maximum absolute atomic E-state index is 13.6. The summed E-state index contributed by atoms with van der Waals surface area (Å²) in [5.41, 5.74) is 2.97. The zero-order valence-corrected chi connectivity index (χ0v) is 17.5. The van der Waals surface area contributed by atoms with Crippen molar-refractivity contribution in [2.75, 3.05) is 24.5 Å². The molecule has 0 bridgehead atoms. The molecule has 1 amide bonds. The Balaban J connectivity index is 1.18. The van der Waals surface area contributed by atoms with Gasteiger partial charge in [-0.3, -0.25) is 4.79 Å². The van der Waals surface area contributed by atoms with Gasteiger partial charge in [-0.1, -0.05) is 18.2 Å². The van der Waals surface area contributed by atoms with E-state index in [4.69, 9.17) is 0 Å². The lowest BCUT2D eigenvalue weighted by atomic mass is 9.71. The molecule has 2 aliphatic rings. The van der Waals surface area contributed by atoms with Gasteiger partial charge in [-0.2, -0.15) is 0 Å². The van der Waals surface area contributed by atoms with Crippen LogP contribution in [0.1, 0.15) is 31.2 Å². The number of H-pyrrole nitrogens is 1. The third kappa shape index (κ3) is 3.07. The number of hydrogen-bond donors (Lipinski definition) is 1. The SMILES string of the molecule is O=C1N(Cc2c[nH]c3ccccc23)CCCC12CCN(c1ccc3nccn3n1)CC2. The Kier molecular flexibility index (Phi) is 4.23. The summed E-state index contributed by atoms with van der Waals surface area (Å²) in [7, 11) is 0. The number of aromatic amines is 1. The molecule has 1 aromatic carbocycles. The molecular weight excluding hydrogens is 388 g/mol. The van der Waals surface area contributed by atoms with Crippen molar-refractivity contribution >= 4 is 28.3 Å². The Morgan fingerprint density at radius 2 is 1.90 bits per heavy atom. The number of nitrogens with zero attached hydrogens (tertiary/aromatic N) is 5. The summed E-state index contributed by atoms with van der Waals surface area (Å²) in [6, 6.07) is 12.4. The molecule has 1 N–H and O–H groups in total. The first-order chi connectivity index (χ1) is 15.2. The first-order valence-electron chi connectivity index (χ1n) is 11.1. The molecule has 0 unspecified atom stereocenters. The van der Waals surface area contributed by atoms with Gasteiger partial charge < -0.3 is 14.8 Å². The first kappa shape index (κ1) is 18.4. The molecule has 2 fully saturated rings. The maximum Gasteiger partial charge on any atom is 0.229 e. The Morgan fingerprint density at radius 1 is 1.03 bits per heavy atom. The lowest BCUT2D eigenvalue weighted by Crippen LogP contribution is -2.53. The summed E-state index contributed by atoms with van der Waals surface area (Å²) in [5.74, 6) is 1.29. The average Bonchev–Trinajstić information content (AvgIpc) is 3.44. The summed E-state index contributed by atoms with van der Waals surface area (Å²) < 4.78 is 1.81. The number of hydrogen-bond acceptors (Lipinski definition) is 4. The highest BCUT2D eigenvalue weighted by atomic mass is 16.2. The van der Waals surface area contributed by atoms with Crippen LogP contribution in [0.15, 0.2) is 55.0 Å². The fraction of sp³-hybridized carbons (Fsp3) is 0.375. The molecule has 5 heterocycles. The van der Waals surface area contributed by atoms with Gasteiger partial charge in [0.1, 0.15) is 5.82 Å². The van der Waals surface area contributed by atoms with Crippen molar-refractivity contribution in [3.8, 4) is 0 Å². The summed E-state index contributed by atoms with van der Waals surface area (Å²) in [5, 5.41) is 5.90. The van der Waals surface area contributed by atoms with Crippen molar-refractivity contribution in [3.63, 3.8) is 0 Å². The van der Waals surface area contributed by atoms with Gasteiger partial charge in [-0.15, -0.1) is 5.10 Å². The number of nitrogens with one attached hydrogen (secondary N) is 1. The van der Waals surface area contributed by atoms with Gasteiger partial charge in [0.2, 0.25) is 5.91 Å². The van der Waals surface area contributed by atoms with Gasteiger partial charge in [-0.05, 0) is 49.4 Å². The second kappa shape index (κ2) is 7.11. The molecule has 2 aliphatic heterocycles. The molecule has 158 valence electrons. The van der Waals surface area contributed by atoms with Gasteiger partial charge in [0, 0.05) is 55.7 Å². The van der Waals surface area contributed by atoms with Crippen LogP contribution in [0.2, 0.25) is 0 Å². The smallest absolute Gasteiger partial charge is 0.229 e. The molecule has 6 rings (SSSR count). The maximum atomic E-state index is 13.6. The number of fused-ring (bicyclic) bond motifs is 2. The highest BCUT2D eigenvalue weighted by molar-refractivity contribution is 5.86. The van der Waals surface area contributed by atoms with Crippen molar-refractivity contribution < 1.29 is 4.79 Å². The van der Waals surface area contributed by atoms with E-state index >= 15 is 0 Å². The van der Waals surface area contributed by atoms with E-state index in [2.05, 4.69) is 49.3 Å². The highest BCUT2D eigenvalue weighted by Crippen LogP contribution is 2.42. The van der Waals surface area contributed by atoms with Crippen LogP contribution >= 0.6 is 0 Å². The van der Waals surface area contributed by atoms with Crippen LogP contribution in [-0.2, 0) is 11.3 Å². The molecular formula is C24H26N6O. The third-order valence-electron chi connectivity index (χ3n) is 7.15. The second-order valence-electron chi connectivity index (χ2n) is 8.88. The molecule has 2 saturated heterocycles. The molecule has 3 aromatic heterocycles. The largest absolute Gasteiger partial charge is 0.361 e. The molecule has 4 aromatic rings. The number of benzene rings is 1. The number of anilines is 1. The number of para-hydroxylation sites is 1. The molecule has 7 heteroatoms. The summed E-state index contributed by atoms with van der Waals surface area (Å²) >= 11 is 0. The molecule has 0 radical (unpaired) electrons. The normalized spacial score (nSPS) is 19.0. The fourth-order valence-corrected chi connectivity index (χ4v) is 5.37. The van der Waals surface area contributed by atoms with Crippen LogP contribution in [0.3, 0.4) is 0 Å². The van der Waals surface area contributed by atoms with E-state index in [-0.39, 0.29) is 5.41 Å². The molecule has 0 aliphatic carbocycles. The Hall–Kier alpha value is -3.35. The van der Waals surface area contributed by atoms with E-state index in [1.54, 1.807) is 6.20 Å². The first-order valence-corrected chi connectivity index (χ1v) is 11.1. The Bertz CT molecular complexity index is 1250. The van der Waals surface area contributed by atoms with E-state index in [1.807, 2.05) is 28.9 Å². The van der Waals surface area contributed by atoms with Gasteiger partial charge in [0.25, 0.3) is 0 Å². The lowest BCUT2D eigenvalue weighted by Gasteiger charge is -2.46. The highest BCUT2D eigenvalue weighted by Gasteiger charge is 2.45. The van der Waals surface area contributed by atoms with Crippen molar-refractivity contribution in [3.05, 3.63) is 60.6 Å². The van der Waals surface area contributed by atoms with E-state index in [1.165, 1.54) is 10.9 Å². The Labute approximate surface area is 180 Å². The van der Waals surface area contributed by atoms with Gasteiger partial charge in [0.15, 0.2) is 5.65 Å². The van der Waals surface area contributed by atoms with Crippen molar-refractivity contribution in [2.24, 2.45) is 5.41 Å². The summed E-state index contributed by atoms with van der Waals surface area (Å²) in [4.78, 5) is 25.6. The zero-order chi connectivity index (χ0) is 20.8. The number of piperidine rings is 2. The van der Waals surface area contributed by atoms with Crippen molar-refractivity contribution in [1.29, 1.82) is 0 Å². The van der Waals surface area contributed by atoms with Crippen LogP contribution in [-0.4, -0.2) is 50.0 Å². The van der Waals surface area contributed by atoms with Gasteiger partial charge in [-0.25, -0.2) is 9.50 Å². The molecule has 7 nitrogen and oxygen atoms in total. The lowest BCUT2D eigenvalue weighted by molar-refractivity contribution is -0.148. The average molecular weight is 415 g/mol. The van der Waals surface area contributed by atoms with E-state index in [9.17, 15) is 4.79 Å². The summed E-state index contributed by atoms with van der Waals surface area (Å²) in [6.45, 7) is 3.26. The molecule has 1 spiro atoms. The number of carbonyl (C=O) groups excluding carboxylic acids is 1. The minimum atomic E-state index is -0.222. The van der Waals surface area contributed by atoms with E-state index in [0.717, 1.165) is 62.3 Å². The minimum Gasteiger partial charge on any atom is -0.361 e. The zero-order valence-electron chi connectivity index (χ0n) is 17.5. The summed E-state index contributed by atoms with van der Waals surface area (Å²) in [6.07, 6.45) is 9.54. The minimum absolute atomic E-state index is 0.222. The molecule has 0 atom stereocenters. The quantitative estimate of drug-likeness (QED) is 0.556. The number of imidazole rings is 1. The predicted octanol–water partition coefficient (Wildman–Crippen LogP) is 3.62. The van der Waals surface area contributed by atoms with Crippen molar-refractivity contribution in [2.45, 2.75) is 32.2 Å². The number of aromatic nitrogens is 4. The van der Waals surface area contributed by atoms with Crippen LogP contribution in [0.4, 0.5) is 5.82 Å². The standard InChI is InChI=1S/C24H26N6O/c31-23-24(8-3-12-29(23)17-18-16-26-20-5-2-1-4-19(18)20)9-13-28(14-10-24)22-7-6-21-25-11-15-30(21)27-22/h1-2,4-7,11,15-16,26H,3,8-10,12-14,17H2. The van der Waals surface area contributed by atoms with E-state index in [0.29, 0.717) is 12.5 Å². The van der Waals surface area contributed by atoms with Crippen LogP contribution in [0.5, 0.6) is 0 Å². The van der Waals surface area contributed by atoms with Crippen LogP contribution < -0.4 is 4.90 Å². The Morgan fingerprint density at radius 3 is 2.81 bits per heavy atom. The number of amides is 1. The second-order valence-corrected chi connectivity index (χ2v) is 8.88. The van der Waals surface area contributed by atoms with Gasteiger partial charge >= 0.3 is 0 Å².